The maximum absolute atomic E-state index is 5.72. The van der Waals surface area contributed by atoms with Crippen LogP contribution in [0.3, 0.4) is 0 Å². The third-order valence-electron chi connectivity index (χ3n) is 1.77. The summed E-state index contributed by atoms with van der Waals surface area (Å²) in [5.74, 6) is 2.21. The lowest BCUT2D eigenvalue weighted by Gasteiger charge is -2.08. The van der Waals surface area contributed by atoms with E-state index < -0.39 is 0 Å². The van der Waals surface area contributed by atoms with Gasteiger partial charge in [0.05, 0.1) is 5.56 Å². The van der Waals surface area contributed by atoms with E-state index in [1.54, 1.807) is 25.0 Å². The summed E-state index contributed by atoms with van der Waals surface area (Å²) in [6, 6.07) is 0. The Morgan fingerprint density at radius 3 is 3.07 bits per heavy atom. The van der Waals surface area contributed by atoms with Gasteiger partial charge in [-0.15, -0.1) is 0 Å². The highest BCUT2D eigenvalue weighted by Gasteiger charge is 2.05. The van der Waals surface area contributed by atoms with E-state index in [1.807, 2.05) is 0 Å². The van der Waals surface area contributed by atoms with E-state index in [2.05, 4.69) is 26.5 Å². The van der Waals surface area contributed by atoms with Crippen molar-refractivity contribution in [3.63, 3.8) is 0 Å². The van der Waals surface area contributed by atoms with E-state index >= 15 is 0 Å². The van der Waals surface area contributed by atoms with E-state index in [1.165, 1.54) is 6.33 Å². The monoisotopic (exact) mass is 225 g/mol. The zero-order chi connectivity index (χ0) is 11.1. The number of hydrogen-bond acceptors (Lipinski definition) is 6. The fraction of sp³-hybridized carbons (Fsp3) is 0.444. The second kappa shape index (κ2) is 6.23. The maximum Gasteiger partial charge on any atom is 0.140 e. The van der Waals surface area contributed by atoms with Crippen LogP contribution in [-0.4, -0.2) is 41.8 Å². The normalized spacial score (nSPS) is 10.8. The van der Waals surface area contributed by atoms with Gasteiger partial charge in [-0.2, -0.15) is 11.8 Å². The molecule has 0 saturated carbocycles. The molecule has 3 N–H and O–H groups in total. The lowest BCUT2D eigenvalue weighted by molar-refractivity contribution is 1.12. The van der Waals surface area contributed by atoms with Crippen LogP contribution in [-0.2, 0) is 0 Å². The van der Waals surface area contributed by atoms with Gasteiger partial charge in [-0.25, -0.2) is 9.97 Å². The van der Waals surface area contributed by atoms with Crippen LogP contribution in [0.25, 0.3) is 0 Å². The van der Waals surface area contributed by atoms with Crippen molar-refractivity contribution in [2.45, 2.75) is 0 Å². The van der Waals surface area contributed by atoms with Crippen LogP contribution >= 0.6 is 11.8 Å². The molecule has 0 aliphatic carbocycles. The molecule has 0 spiro atoms. The summed E-state index contributed by atoms with van der Waals surface area (Å²) in [6.07, 6.45) is 5.17. The third kappa shape index (κ3) is 3.39. The summed E-state index contributed by atoms with van der Waals surface area (Å²) in [5.41, 5.74) is 6.48. The molecular formula is C9H15N5S. The number of rotatable bonds is 5. The molecule has 0 amide bonds. The molecule has 0 atom stereocenters. The summed E-state index contributed by atoms with van der Waals surface area (Å²) >= 11 is 1.77. The second-order valence-corrected chi connectivity index (χ2v) is 3.81. The molecule has 0 bridgehead atoms. The van der Waals surface area contributed by atoms with Crippen molar-refractivity contribution in [1.82, 2.24) is 9.97 Å². The molecule has 1 rings (SSSR count). The van der Waals surface area contributed by atoms with Gasteiger partial charge in [-0.05, 0) is 6.26 Å². The quantitative estimate of drug-likeness (QED) is 0.574. The molecule has 0 fully saturated rings. The van der Waals surface area contributed by atoms with Crippen molar-refractivity contribution in [2.75, 3.05) is 36.7 Å². The standard InChI is InChI=1S/C9H15N5S/c1-11-5-7-8(10)13-6-14-9(7)12-3-4-15-2/h5-6H,3-4H2,1-2H3,(H3,10,12,13,14). The minimum Gasteiger partial charge on any atom is -0.383 e. The van der Waals surface area contributed by atoms with Gasteiger partial charge >= 0.3 is 0 Å². The number of nitrogens with zero attached hydrogens (tertiary/aromatic N) is 3. The molecule has 0 saturated heterocycles. The number of nitrogens with one attached hydrogen (secondary N) is 1. The predicted molar refractivity (Wildman–Crippen MR) is 66.8 cm³/mol. The number of nitrogen functional groups attached to an aromatic ring is 1. The lowest BCUT2D eigenvalue weighted by Crippen LogP contribution is -2.10. The predicted octanol–water partition coefficient (Wildman–Crippen LogP) is 0.882. The van der Waals surface area contributed by atoms with Gasteiger partial charge in [0, 0.05) is 25.6 Å². The molecule has 82 valence electrons. The van der Waals surface area contributed by atoms with Crippen LogP contribution < -0.4 is 11.1 Å². The Morgan fingerprint density at radius 2 is 2.40 bits per heavy atom. The van der Waals surface area contributed by atoms with E-state index in [0.717, 1.165) is 23.7 Å². The summed E-state index contributed by atoms with van der Waals surface area (Å²) in [5, 5.41) is 3.20. The Bertz CT molecular complexity index is 339. The minimum atomic E-state index is 0.447. The first-order chi connectivity index (χ1) is 7.29. The Kier molecular flexibility index (Phi) is 4.89. The van der Waals surface area contributed by atoms with E-state index in [-0.39, 0.29) is 0 Å². The minimum absolute atomic E-state index is 0.447. The zero-order valence-corrected chi connectivity index (χ0v) is 9.71. The van der Waals surface area contributed by atoms with Crippen molar-refractivity contribution in [1.29, 1.82) is 0 Å². The molecule has 6 heteroatoms. The molecule has 15 heavy (non-hydrogen) atoms. The molecule has 5 nitrogen and oxygen atoms in total. The first kappa shape index (κ1) is 11.8. The van der Waals surface area contributed by atoms with Gasteiger partial charge < -0.3 is 11.1 Å². The summed E-state index contributed by atoms with van der Waals surface area (Å²) < 4.78 is 0. The Morgan fingerprint density at radius 1 is 1.60 bits per heavy atom. The van der Waals surface area contributed by atoms with Crippen LogP contribution in [0.1, 0.15) is 5.56 Å². The van der Waals surface area contributed by atoms with Crippen molar-refractivity contribution in [3.8, 4) is 0 Å². The van der Waals surface area contributed by atoms with Crippen molar-refractivity contribution in [3.05, 3.63) is 11.9 Å². The fourth-order valence-corrected chi connectivity index (χ4v) is 1.38. The van der Waals surface area contributed by atoms with E-state index in [0.29, 0.717) is 5.82 Å². The molecule has 0 aliphatic rings. The van der Waals surface area contributed by atoms with E-state index in [9.17, 15) is 0 Å². The zero-order valence-electron chi connectivity index (χ0n) is 8.90. The highest BCUT2D eigenvalue weighted by molar-refractivity contribution is 7.98. The van der Waals surface area contributed by atoms with Crippen molar-refractivity contribution < 1.29 is 0 Å². The van der Waals surface area contributed by atoms with Crippen molar-refractivity contribution >= 4 is 29.6 Å². The summed E-state index contributed by atoms with van der Waals surface area (Å²) in [6.45, 7) is 0.849. The lowest BCUT2D eigenvalue weighted by atomic mass is 10.3. The molecule has 1 aromatic rings. The molecule has 0 unspecified atom stereocenters. The van der Waals surface area contributed by atoms with Crippen LogP contribution in [0.4, 0.5) is 11.6 Å². The fourth-order valence-electron chi connectivity index (χ4n) is 1.08. The SMILES string of the molecule is CN=Cc1c(N)ncnc1NCCSC. The van der Waals surface area contributed by atoms with Gasteiger partial charge in [0.2, 0.25) is 0 Å². The van der Waals surface area contributed by atoms with Gasteiger partial charge in [-0.3, -0.25) is 4.99 Å². The molecule has 1 heterocycles. The second-order valence-electron chi connectivity index (χ2n) is 2.83. The highest BCUT2D eigenvalue weighted by Crippen LogP contribution is 2.14. The average molecular weight is 225 g/mol. The number of aromatic nitrogens is 2. The summed E-state index contributed by atoms with van der Waals surface area (Å²) in [7, 11) is 1.69. The highest BCUT2D eigenvalue weighted by atomic mass is 32.2. The van der Waals surface area contributed by atoms with Gasteiger partial charge in [0.1, 0.15) is 18.0 Å². The Balaban J connectivity index is 2.81. The van der Waals surface area contributed by atoms with Crippen molar-refractivity contribution in [2.24, 2.45) is 4.99 Å². The third-order valence-corrected chi connectivity index (χ3v) is 2.38. The number of aliphatic imine (C=N–C) groups is 1. The molecule has 0 aliphatic heterocycles. The largest absolute Gasteiger partial charge is 0.383 e. The topological polar surface area (TPSA) is 76.2 Å². The van der Waals surface area contributed by atoms with Crippen LogP contribution in [0.15, 0.2) is 11.3 Å². The van der Waals surface area contributed by atoms with Crippen LogP contribution in [0.2, 0.25) is 0 Å². The number of anilines is 2. The summed E-state index contributed by atoms with van der Waals surface area (Å²) in [4.78, 5) is 12.0. The smallest absolute Gasteiger partial charge is 0.140 e. The number of thioether (sulfide) groups is 1. The first-order valence-corrected chi connectivity index (χ1v) is 5.94. The van der Waals surface area contributed by atoms with Crippen LogP contribution in [0, 0.1) is 0 Å². The Hall–Kier alpha value is -1.30. The molecule has 0 radical (unpaired) electrons. The number of nitrogens with two attached hydrogens (primary N) is 1. The molecular weight excluding hydrogens is 210 g/mol. The molecule has 1 aromatic heterocycles. The number of hydrogen-bond donors (Lipinski definition) is 2. The first-order valence-electron chi connectivity index (χ1n) is 4.55. The van der Waals surface area contributed by atoms with Gasteiger partial charge in [0.15, 0.2) is 0 Å². The van der Waals surface area contributed by atoms with E-state index in [4.69, 9.17) is 5.73 Å². The van der Waals surface area contributed by atoms with Gasteiger partial charge in [0.25, 0.3) is 0 Å². The Labute approximate surface area is 93.6 Å². The van der Waals surface area contributed by atoms with Crippen LogP contribution in [0.5, 0.6) is 0 Å². The van der Waals surface area contributed by atoms with Gasteiger partial charge in [-0.1, -0.05) is 0 Å². The average Bonchev–Trinajstić information content (AvgIpc) is 2.23. The molecule has 0 aromatic carbocycles. The maximum atomic E-state index is 5.72.